The zero-order valence-corrected chi connectivity index (χ0v) is 16.4. The summed E-state index contributed by atoms with van der Waals surface area (Å²) < 4.78 is 39.6. The van der Waals surface area contributed by atoms with E-state index in [1.54, 1.807) is 36.4 Å². The first-order valence-corrected chi connectivity index (χ1v) is 9.57. The second-order valence-corrected chi connectivity index (χ2v) is 7.07. The van der Waals surface area contributed by atoms with Gasteiger partial charge in [-0.1, -0.05) is 24.3 Å². The molecule has 0 aliphatic carbocycles. The van der Waals surface area contributed by atoms with Crippen molar-refractivity contribution < 1.29 is 27.8 Å². The largest absolute Gasteiger partial charge is 0.488 e. The van der Waals surface area contributed by atoms with Gasteiger partial charge in [-0.25, -0.2) is 8.78 Å². The Balaban J connectivity index is 1.65. The van der Waals surface area contributed by atoms with Crippen LogP contribution in [0.25, 0.3) is 22.1 Å². The molecule has 0 spiro atoms. The third kappa shape index (κ3) is 4.27. The lowest BCUT2D eigenvalue weighted by Gasteiger charge is -2.10. The zero-order chi connectivity index (χ0) is 22.0. The number of hydrogen-bond acceptors (Lipinski definition) is 4. The number of carboxylic acid groups (broad SMARTS) is 1. The molecule has 7 heteroatoms. The van der Waals surface area contributed by atoms with E-state index in [0.29, 0.717) is 27.8 Å². The first-order chi connectivity index (χ1) is 15.0. The molecule has 4 rings (SSSR count). The molecular formula is C24H19F2NO4. The van der Waals surface area contributed by atoms with Crippen molar-refractivity contribution in [2.24, 2.45) is 5.73 Å². The minimum Gasteiger partial charge on any atom is -0.488 e. The summed E-state index contributed by atoms with van der Waals surface area (Å²) in [5.74, 6) is -1.72. The first kappa shape index (κ1) is 20.6. The average Bonchev–Trinajstić information content (AvgIpc) is 3.15. The molecule has 5 nitrogen and oxygen atoms in total. The molecule has 0 atom stereocenters. The highest BCUT2D eigenvalue weighted by Gasteiger charge is 2.14. The van der Waals surface area contributed by atoms with E-state index in [2.05, 4.69) is 0 Å². The van der Waals surface area contributed by atoms with Gasteiger partial charge in [-0.2, -0.15) is 0 Å². The molecule has 0 bridgehead atoms. The number of nitrogens with two attached hydrogens (primary N) is 1. The third-order valence-electron chi connectivity index (χ3n) is 5.01. The first-order valence-electron chi connectivity index (χ1n) is 9.57. The molecular weight excluding hydrogens is 404 g/mol. The van der Waals surface area contributed by atoms with Crippen LogP contribution in [-0.2, 0) is 24.4 Å². The zero-order valence-electron chi connectivity index (χ0n) is 16.4. The summed E-state index contributed by atoms with van der Waals surface area (Å²) in [5, 5.41) is 9.78. The summed E-state index contributed by atoms with van der Waals surface area (Å²) in [6.45, 7) is 0.170. The fourth-order valence-corrected chi connectivity index (χ4v) is 3.47. The highest BCUT2D eigenvalue weighted by Crippen LogP contribution is 2.31. The van der Waals surface area contributed by atoms with Crippen molar-refractivity contribution in [2.45, 2.75) is 19.6 Å². The molecule has 0 saturated carbocycles. The predicted molar refractivity (Wildman–Crippen MR) is 112 cm³/mol. The van der Waals surface area contributed by atoms with Gasteiger partial charge in [-0.05, 0) is 35.9 Å². The van der Waals surface area contributed by atoms with Gasteiger partial charge in [0.15, 0.2) is 0 Å². The Labute approximate surface area is 176 Å². The lowest BCUT2D eigenvalue weighted by Crippen LogP contribution is -2.04. The Morgan fingerprint density at radius 2 is 1.87 bits per heavy atom. The predicted octanol–water partition coefficient (Wildman–Crippen LogP) is 5.04. The Morgan fingerprint density at radius 3 is 2.65 bits per heavy atom. The Kier molecular flexibility index (Phi) is 5.68. The molecule has 0 radical (unpaired) electrons. The van der Waals surface area contributed by atoms with Crippen LogP contribution < -0.4 is 10.5 Å². The summed E-state index contributed by atoms with van der Waals surface area (Å²) in [4.78, 5) is 11.1. The van der Waals surface area contributed by atoms with Crippen LogP contribution in [0, 0.1) is 11.6 Å². The molecule has 0 amide bonds. The summed E-state index contributed by atoms with van der Waals surface area (Å²) in [6, 6.07) is 14.1. The number of carboxylic acids is 1. The van der Waals surface area contributed by atoms with Crippen LogP contribution >= 0.6 is 0 Å². The van der Waals surface area contributed by atoms with Gasteiger partial charge in [-0.15, -0.1) is 0 Å². The van der Waals surface area contributed by atoms with Crippen molar-refractivity contribution in [1.29, 1.82) is 0 Å². The topological polar surface area (TPSA) is 85.7 Å². The van der Waals surface area contributed by atoms with Crippen molar-refractivity contribution in [1.82, 2.24) is 0 Å². The molecule has 1 aromatic heterocycles. The maximum atomic E-state index is 14.7. The van der Waals surface area contributed by atoms with Gasteiger partial charge in [-0.3, -0.25) is 4.79 Å². The van der Waals surface area contributed by atoms with Crippen LogP contribution in [0.3, 0.4) is 0 Å². The molecule has 0 saturated heterocycles. The van der Waals surface area contributed by atoms with Crippen molar-refractivity contribution in [3.8, 4) is 16.9 Å². The molecule has 31 heavy (non-hydrogen) atoms. The molecule has 3 aromatic carbocycles. The lowest BCUT2D eigenvalue weighted by molar-refractivity contribution is -0.136. The van der Waals surface area contributed by atoms with Gasteiger partial charge in [0.1, 0.15) is 29.6 Å². The monoisotopic (exact) mass is 423 g/mol. The molecule has 0 unspecified atom stereocenters. The van der Waals surface area contributed by atoms with Gasteiger partial charge in [0.25, 0.3) is 0 Å². The summed E-state index contributed by atoms with van der Waals surface area (Å²) in [5.41, 5.74) is 8.66. The molecule has 0 fully saturated rings. The highest BCUT2D eigenvalue weighted by molar-refractivity contribution is 5.86. The molecule has 158 valence electrons. The van der Waals surface area contributed by atoms with Gasteiger partial charge in [0, 0.05) is 34.2 Å². The second-order valence-electron chi connectivity index (χ2n) is 7.07. The molecule has 1 heterocycles. The van der Waals surface area contributed by atoms with Crippen molar-refractivity contribution in [3.63, 3.8) is 0 Å². The van der Waals surface area contributed by atoms with E-state index < -0.39 is 11.8 Å². The smallest absolute Gasteiger partial charge is 0.307 e. The van der Waals surface area contributed by atoms with Gasteiger partial charge >= 0.3 is 5.97 Å². The number of carbonyl (C=O) groups is 1. The number of hydrogen-bond donors (Lipinski definition) is 2. The quantitative estimate of drug-likeness (QED) is 0.435. The Bertz CT molecular complexity index is 1270. The Morgan fingerprint density at radius 1 is 1.03 bits per heavy atom. The standard InChI is InChI=1S/C24H19F2NO4/c25-18-5-7-21(16(8-18)10-23(28)29)30-12-17-13-31-22-6-4-14(9-20(17)22)19-3-1-2-15(11-27)24(19)26/h1-9,13H,10-12,27H2,(H,28,29). The third-order valence-corrected chi connectivity index (χ3v) is 5.01. The van der Waals surface area contributed by atoms with Gasteiger partial charge in [0.05, 0.1) is 12.7 Å². The van der Waals surface area contributed by atoms with Crippen molar-refractivity contribution >= 4 is 16.9 Å². The van der Waals surface area contributed by atoms with Crippen LogP contribution in [0.5, 0.6) is 5.75 Å². The van der Waals surface area contributed by atoms with Crippen LogP contribution in [0.1, 0.15) is 16.7 Å². The van der Waals surface area contributed by atoms with Crippen molar-refractivity contribution in [3.05, 3.63) is 89.2 Å². The minimum absolute atomic E-state index is 0.0695. The fraction of sp³-hybridized carbons (Fsp3) is 0.125. The summed E-state index contributed by atoms with van der Waals surface area (Å²) in [7, 11) is 0. The molecule has 0 aliphatic rings. The number of benzene rings is 3. The summed E-state index contributed by atoms with van der Waals surface area (Å²) in [6.07, 6.45) is 1.17. The van der Waals surface area contributed by atoms with Crippen LogP contribution in [0.2, 0.25) is 0 Å². The SMILES string of the molecule is NCc1cccc(-c2ccc3occ(COc4ccc(F)cc4CC(=O)O)c3c2)c1F. The van der Waals surface area contributed by atoms with Gasteiger partial charge < -0.3 is 20.0 Å². The van der Waals surface area contributed by atoms with Crippen LogP contribution in [0.15, 0.2) is 65.3 Å². The fourth-order valence-electron chi connectivity index (χ4n) is 3.47. The number of ether oxygens (including phenoxy) is 1. The second kappa shape index (κ2) is 8.57. The average molecular weight is 423 g/mol. The minimum atomic E-state index is -1.09. The van der Waals surface area contributed by atoms with E-state index in [9.17, 15) is 13.6 Å². The van der Waals surface area contributed by atoms with E-state index >= 15 is 0 Å². The van der Waals surface area contributed by atoms with Crippen LogP contribution in [-0.4, -0.2) is 11.1 Å². The number of aliphatic carboxylic acids is 1. The number of furan rings is 1. The number of halogens is 2. The van der Waals surface area contributed by atoms with E-state index in [1.807, 2.05) is 0 Å². The Hall–Kier alpha value is -3.71. The normalized spacial score (nSPS) is 11.1. The van der Waals surface area contributed by atoms with Gasteiger partial charge in [0.2, 0.25) is 0 Å². The molecule has 0 aliphatic heterocycles. The number of fused-ring (bicyclic) bond motifs is 1. The number of rotatable bonds is 7. The van der Waals surface area contributed by atoms with E-state index in [4.69, 9.17) is 20.0 Å². The van der Waals surface area contributed by atoms with E-state index in [-0.39, 0.29) is 36.7 Å². The molecule has 4 aromatic rings. The maximum absolute atomic E-state index is 14.7. The van der Waals surface area contributed by atoms with Crippen molar-refractivity contribution in [2.75, 3.05) is 0 Å². The highest BCUT2D eigenvalue weighted by atomic mass is 19.1. The summed E-state index contributed by atoms with van der Waals surface area (Å²) >= 11 is 0. The lowest BCUT2D eigenvalue weighted by atomic mass is 10.00. The van der Waals surface area contributed by atoms with Crippen LogP contribution in [0.4, 0.5) is 8.78 Å². The van der Waals surface area contributed by atoms with E-state index in [0.717, 1.165) is 11.5 Å². The van der Waals surface area contributed by atoms with E-state index in [1.165, 1.54) is 18.4 Å². The molecule has 3 N–H and O–H groups in total. The maximum Gasteiger partial charge on any atom is 0.307 e.